The average molecular weight is 149 g/mol. The lowest BCUT2D eigenvalue weighted by molar-refractivity contribution is 0.974. The molecule has 0 amide bonds. The van der Waals surface area contributed by atoms with Crippen LogP contribution in [0.3, 0.4) is 0 Å². The summed E-state index contributed by atoms with van der Waals surface area (Å²) in [4.78, 5) is 3.05. The SMILES string of the molecule is C=CCc1nnc(CC=C)[nH]1. The summed E-state index contributed by atoms with van der Waals surface area (Å²) in [5, 5.41) is 7.80. The van der Waals surface area contributed by atoms with Crippen molar-refractivity contribution in [2.75, 3.05) is 0 Å². The first-order valence-electron chi connectivity index (χ1n) is 3.49. The largest absolute Gasteiger partial charge is 0.328 e. The van der Waals surface area contributed by atoms with Gasteiger partial charge in [0.25, 0.3) is 0 Å². The van der Waals surface area contributed by atoms with Crippen molar-refractivity contribution in [3.05, 3.63) is 37.0 Å². The zero-order valence-electron chi connectivity index (χ0n) is 6.38. The number of rotatable bonds is 4. The first kappa shape index (κ1) is 7.72. The minimum absolute atomic E-state index is 0.740. The molecule has 3 heteroatoms. The van der Waals surface area contributed by atoms with Crippen LogP contribution in [-0.4, -0.2) is 15.2 Å². The lowest BCUT2D eigenvalue weighted by Crippen LogP contribution is -1.84. The van der Waals surface area contributed by atoms with Gasteiger partial charge < -0.3 is 4.98 Å². The van der Waals surface area contributed by atoms with Crippen molar-refractivity contribution < 1.29 is 0 Å². The Morgan fingerprint density at radius 1 is 1.09 bits per heavy atom. The molecule has 0 aliphatic rings. The highest BCUT2D eigenvalue weighted by Gasteiger charge is 1.97. The van der Waals surface area contributed by atoms with E-state index in [4.69, 9.17) is 0 Å². The van der Waals surface area contributed by atoms with Crippen LogP contribution >= 0.6 is 0 Å². The molecule has 3 nitrogen and oxygen atoms in total. The topological polar surface area (TPSA) is 41.6 Å². The Morgan fingerprint density at radius 3 is 1.91 bits per heavy atom. The molecule has 0 spiro atoms. The summed E-state index contributed by atoms with van der Waals surface area (Å²) in [5.74, 6) is 1.72. The Morgan fingerprint density at radius 2 is 1.55 bits per heavy atom. The van der Waals surface area contributed by atoms with E-state index in [0.717, 1.165) is 24.5 Å². The highest BCUT2D eigenvalue weighted by Crippen LogP contribution is 1.95. The number of aromatic amines is 1. The van der Waals surface area contributed by atoms with E-state index in [1.807, 2.05) is 0 Å². The van der Waals surface area contributed by atoms with E-state index < -0.39 is 0 Å². The van der Waals surface area contributed by atoms with Gasteiger partial charge >= 0.3 is 0 Å². The molecule has 0 saturated carbocycles. The predicted molar refractivity (Wildman–Crippen MR) is 44.2 cm³/mol. The highest BCUT2D eigenvalue weighted by atomic mass is 15.2. The monoisotopic (exact) mass is 149 g/mol. The van der Waals surface area contributed by atoms with Crippen molar-refractivity contribution in [1.82, 2.24) is 15.2 Å². The van der Waals surface area contributed by atoms with Crippen LogP contribution in [0, 0.1) is 0 Å². The molecule has 0 aliphatic carbocycles. The zero-order chi connectivity index (χ0) is 8.10. The van der Waals surface area contributed by atoms with Gasteiger partial charge in [0, 0.05) is 12.8 Å². The lowest BCUT2D eigenvalue weighted by Gasteiger charge is -1.85. The van der Waals surface area contributed by atoms with E-state index in [0.29, 0.717) is 0 Å². The molecule has 0 aromatic carbocycles. The summed E-state index contributed by atoms with van der Waals surface area (Å²) < 4.78 is 0. The molecule has 58 valence electrons. The van der Waals surface area contributed by atoms with Crippen molar-refractivity contribution in [3.8, 4) is 0 Å². The third kappa shape index (κ3) is 2.04. The van der Waals surface area contributed by atoms with Crippen molar-refractivity contribution in [3.63, 3.8) is 0 Å². The van der Waals surface area contributed by atoms with E-state index >= 15 is 0 Å². The summed E-state index contributed by atoms with van der Waals surface area (Å²) in [6, 6.07) is 0. The number of hydrogen-bond acceptors (Lipinski definition) is 2. The molecule has 0 fully saturated rings. The first-order chi connectivity index (χ1) is 5.36. The maximum atomic E-state index is 3.90. The van der Waals surface area contributed by atoms with E-state index in [1.54, 1.807) is 12.2 Å². The number of nitrogens with one attached hydrogen (secondary N) is 1. The van der Waals surface area contributed by atoms with Crippen LogP contribution in [0.1, 0.15) is 11.6 Å². The number of nitrogens with zero attached hydrogens (tertiary/aromatic N) is 2. The highest BCUT2D eigenvalue weighted by molar-refractivity contribution is 4.97. The van der Waals surface area contributed by atoms with Crippen molar-refractivity contribution >= 4 is 0 Å². The second-order valence-corrected chi connectivity index (χ2v) is 2.20. The minimum atomic E-state index is 0.740. The molecule has 0 radical (unpaired) electrons. The Labute approximate surface area is 65.9 Å². The van der Waals surface area contributed by atoms with Crippen LogP contribution in [0.4, 0.5) is 0 Å². The van der Waals surface area contributed by atoms with Gasteiger partial charge in [-0.1, -0.05) is 12.2 Å². The van der Waals surface area contributed by atoms with Gasteiger partial charge in [-0.05, 0) is 0 Å². The quantitative estimate of drug-likeness (QED) is 0.655. The fourth-order valence-corrected chi connectivity index (χ4v) is 0.794. The van der Waals surface area contributed by atoms with Gasteiger partial charge in [0.2, 0.25) is 0 Å². The Balaban J connectivity index is 2.64. The van der Waals surface area contributed by atoms with E-state index in [-0.39, 0.29) is 0 Å². The molecule has 1 aromatic heterocycles. The minimum Gasteiger partial charge on any atom is -0.328 e. The summed E-state index contributed by atoms with van der Waals surface area (Å²) >= 11 is 0. The van der Waals surface area contributed by atoms with Gasteiger partial charge in [-0.3, -0.25) is 0 Å². The molecule has 1 heterocycles. The fraction of sp³-hybridized carbons (Fsp3) is 0.250. The Bertz CT molecular complexity index is 225. The Hall–Kier alpha value is -1.38. The van der Waals surface area contributed by atoms with Crippen molar-refractivity contribution in [2.45, 2.75) is 12.8 Å². The maximum absolute atomic E-state index is 3.90. The third-order valence-corrected chi connectivity index (χ3v) is 1.26. The van der Waals surface area contributed by atoms with Gasteiger partial charge in [-0.2, -0.15) is 0 Å². The number of hydrogen-bond donors (Lipinski definition) is 1. The molecule has 0 atom stereocenters. The first-order valence-corrected chi connectivity index (χ1v) is 3.49. The molecule has 0 aliphatic heterocycles. The zero-order valence-corrected chi connectivity index (χ0v) is 6.38. The van der Waals surface area contributed by atoms with Crippen LogP contribution in [-0.2, 0) is 12.8 Å². The molecule has 0 bridgehead atoms. The molecule has 1 aromatic rings. The summed E-state index contributed by atoms with van der Waals surface area (Å²) in [7, 11) is 0. The molecular formula is C8H11N3. The number of aromatic nitrogens is 3. The van der Waals surface area contributed by atoms with E-state index in [9.17, 15) is 0 Å². The summed E-state index contributed by atoms with van der Waals surface area (Å²) in [6.45, 7) is 7.21. The smallest absolute Gasteiger partial charge is 0.134 e. The number of allylic oxidation sites excluding steroid dienone is 2. The van der Waals surface area contributed by atoms with E-state index in [2.05, 4.69) is 28.3 Å². The second-order valence-electron chi connectivity index (χ2n) is 2.20. The van der Waals surface area contributed by atoms with Gasteiger partial charge in [0.1, 0.15) is 11.6 Å². The van der Waals surface area contributed by atoms with Gasteiger partial charge in [0.05, 0.1) is 0 Å². The van der Waals surface area contributed by atoms with Gasteiger partial charge in [0.15, 0.2) is 0 Å². The molecule has 0 saturated heterocycles. The van der Waals surface area contributed by atoms with Crippen LogP contribution in [0.2, 0.25) is 0 Å². The average Bonchev–Trinajstić information content (AvgIpc) is 2.38. The van der Waals surface area contributed by atoms with E-state index in [1.165, 1.54) is 0 Å². The molecule has 1 rings (SSSR count). The predicted octanol–water partition coefficient (Wildman–Crippen LogP) is 1.26. The van der Waals surface area contributed by atoms with Crippen molar-refractivity contribution in [2.24, 2.45) is 0 Å². The normalized spacial score (nSPS) is 9.45. The van der Waals surface area contributed by atoms with Gasteiger partial charge in [-0.15, -0.1) is 23.4 Å². The molecule has 1 N–H and O–H groups in total. The third-order valence-electron chi connectivity index (χ3n) is 1.26. The standard InChI is InChI=1S/C8H11N3/c1-3-5-7-9-8(6-4-2)11-10-7/h3-4H,1-2,5-6H2,(H,9,10,11). The second kappa shape index (κ2) is 3.71. The van der Waals surface area contributed by atoms with Crippen LogP contribution in [0.25, 0.3) is 0 Å². The Kier molecular flexibility index (Phi) is 2.60. The lowest BCUT2D eigenvalue weighted by atomic mass is 10.4. The van der Waals surface area contributed by atoms with Crippen molar-refractivity contribution in [1.29, 1.82) is 0 Å². The summed E-state index contributed by atoms with van der Waals surface area (Å²) in [6.07, 6.45) is 5.06. The van der Waals surface area contributed by atoms with Crippen LogP contribution in [0.5, 0.6) is 0 Å². The fourth-order valence-electron chi connectivity index (χ4n) is 0.794. The van der Waals surface area contributed by atoms with Gasteiger partial charge in [-0.25, -0.2) is 0 Å². The number of H-pyrrole nitrogens is 1. The molecule has 0 unspecified atom stereocenters. The summed E-state index contributed by atoms with van der Waals surface area (Å²) in [5.41, 5.74) is 0. The molecule has 11 heavy (non-hydrogen) atoms. The molecular weight excluding hydrogens is 138 g/mol. The van der Waals surface area contributed by atoms with Crippen LogP contribution in [0.15, 0.2) is 25.3 Å². The van der Waals surface area contributed by atoms with Crippen LogP contribution < -0.4 is 0 Å². The maximum Gasteiger partial charge on any atom is 0.134 e.